The van der Waals surface area contributed by atoms with Gasteiger partial charge in [0.15, 0.2) is 23.8 Å². The van der Waals surface area contributed by atoms with Gasteiger partial charge in [-0.3, -0.25) is 9.59 Å². The zero-order valence-corrected chi connectivity index (χ0v) is 13.8. The highest BCUT2D eigenvalue weighted by atomic mass is 16.6. The van der Waals surface area contributed by atoms with Crippen LogP contribution in [0.15, 0.2) is 0 Å². The molecule has 8 heteroatoms. The van der Waals surface area contributed by atoms with Crippen LogP contribution in [0.2, 0.25) is 0 Å². The molecule has 2 atom stereocenters. The maximum absolute atomic E-state index is 10.7. The van der Waals surface area contributed by atoms with Crippen molar-refractivity contribution in [2.45, 2.75) is 39.9 Å². The third-order valence-corrected chi connectivity index (χ3v) is 2.29. The molecule has 0 rings (SSSR count). The second-order valence-electron chi connectivity index (χ2n) is 4.35. The van der Waals surface area contributed by atoms with Gasteiger partial charge in [0.05, 0.1) is 0 Å². The first kappa shape index (κ1) is 22.5. The molecule has 0 aromatic heterocycles. The number of ether oxygens (including phenoxy) is 4. The molecule has 8 nitrogen and oxygen atoms in total. The SMILES string of the molecule is COCC(=O)OC(C)C(C)=O.COCC(=O)OC(C)C(C)=O. The summed E-state index contributed by atoms with van der Waals surface area (Å²) in [5.41, 5.74) is 0. The Balaban J connectivity index is 0. The Kier molecular flexibility index (Phi) is 13.2. The fourth-order valence-electron chi connectivity index (χ4n) is 0.864. The molecule has 0 aliphatic heterocycles. The van der Waals surface area contributed by atoms with Crippen LogP contribution in [-0.2, 0) is 38.1 Å². The normalized spacial score (nSPS) is 12.3. The maximum Gasteiger partial charge on any atom is 0.332 e. The number of Topliss-reactive ketones (excluding diaryl/α,β-unsaturated/α-hetero) is 2. The maximum atomic E-state index is 10.7. The quantitative estimate of drug-likeness (QED) is 0.588. The first-order valence-electron chi connectivity index (χ1n) is 6.53. The number of methoxy groups -OCH3 is 2. The van der Waals surface area contributed by atoms with Crippen molar-refractivity contribution in [2.75, 3.05) is 27.4 Å². The van der Waals surface area contributed by atoms with E-state index >= 15 is 0 Å². The minimum Gasteiger partial charge on any atom is -0.453 e. The van der Waals surface area contributed by atoms with E-state index in [4.69, 9.17) is 0 Å². The number of hydrogen-bond donors (Lipinski definition) is 0. The fourth-order valence-corrected chi connectivity index (χ4v) is 0.864. The minimum atomic E-state index is -0.669. The molecule has 128 valence electrons. The summed E-state index contributed by atoms with van der Waals surface area (Å²) in [6.45, 7) is 5.55. The summed E-state index contributed by atoms with van der Waals surface area (Å²) in [5.74, 6) is -1.38. The number of hydrogen-bond acceptors (Lipinski definition) is 8. The average molecular weight is 320 g/mol. The van der Waals surface area contributed by atoms with Crippen molar-refractivity contribution in [3.8, 4) is 0 Å². The summed E-state index contributed by atoms with van der Waals surface area (Å²) in [5, 5.41) is 0. The van der Waals surface area contributed by atoms with Crippen LogP contribution in [-0.4, -0.2) is 63.1 Å². The van der Waals surface area contributed by atoms with Gasteiger partial charge in [0, 0.05) is 14.2 Å². The van der Waals surface area contributed by atoms with Crippen LogP contribution in [0.4, 0.5) is 0 Å². The highest BCUT2D eigenvalue weighted by Gasteiger charge is 2.13. The lowest BCUT2D eigenvalue weighted by Gasteiger charge is -2.08. The van der Waals surface area contributed by atoms with Gasteiger partial charge < -0.3 is 18.9 Å². The molecule has 0 bridgehead atoms. The molecule has 0 aliphatic carbocycles. The molecule has 2 unspecified atom stereocenters. The van der Waals surface area contributed by atoms with E-state index in [2.05, 4.69) is 18.9 Å². The topological polar surface area (TPSA) is 105 Å². The number of ketones is 2. The predicted octanol–water partition coefficient (Wildman–Crippen LogP) is 0.307. The van der Waals surface area contributed by atoms with Crippen molar-refractivity contribution in [1.29, 1.82) is 0 Å². The zero-order chi connectivity index (χ0) is 17.7. The van der Waals surface area contributed by atoms with E-state index < -0.39 is 24.1 Å². The monoisotopic (exact) mass is 320 g/mol. The molecule has 0 radical (unpaired) electrons. The van der Waals surface area contributed by atoms with Gasteiger partial charge in [-0.05, 0) is 27.7 Å². The summed E-state index contributed by atoms with van der Waals surface area (Å²) in [6.07, 6.45) is -1.34. The van der Waals surface area contributed by atoms with Gasteiger partial charge in [-0.15, -0.1) is 0 Å². The van der Waals surface area contributed by atoms with Gasteiger partial charge in [0.1, 0.15) is 13.2 Å². The van der Waals surface area contributed by atoms with Crippen LogP contribution in [0.25, 0.3) is 0 Å². The minimum absolute atomic E-state index is 0.113. The molecule has 0 fully saturated rings. The predicted molar refractivity (Wildman–Crippen MR) is 76.2 cm³/mol. The Labute approximate surface area is 130 Å². The smallest absolute Gasteiger partial charge is 0.332 e. The number of carbonyl (C=O) groups is 4. The first-order chi connectivity index (χ1) is 10.1. The van der Waals surface area contributed by atoms with Crippen LogP contribution < -0.4 is 0 Å². The van der Waals surface area contributed by atoms with E-state index in [-0.39, 0.29) is 24.8 Å². The van der Waals surface area contributed by atoms with Gasteiger partial charge in [-0.25, -0.2) is 9.59 Å². The third-order valence-electron chi connectivity index (χ3n) is 2.29. The molecule has 0 aliphatic rings. The lowest BCUT2D eigenvalue weighted by molar-refractivity contribution is -0.157. The van der Waals surface area contributed by atoms with Crippen molar-refractivity contribution in [1.82, 2.24) is 0 Å². The molecule has 0 spiro atoms. The third kappa shape index (κ3) is 13.2. The zero-order valence-electron chi connectivity index (χ0n) is 13.8. The van der Waals surface area contributed by atoms with E-state index in [1.165, 1.54) is 41.9 Å². The summed E-state index contributed by atoms with van der Waals surface area (Å²) in [6, 6.07) is 0. The van der Waals surface area contributed by atoms with Crippen molar-refractivity contribution < 1.29 is 38.1 Å². The lowest BCUT2D eigenvalue weighted by atomic mass is 10.3. The average Bonchev–Trinajstić information content (AvgIpc) is 2.39. The summed E-state index contributed by atoms with van der Waals surface area (Å²) >= 11 is 0. The Morgan fingerprint density at radius 1 is 0.727 bits per heavy atom. The van der Waals surface area contributed by atoms with Crippen LogP contribution in [0.1, 0.15) is 27.7 Å². The van der Waals surface area contributed by atoms with Crippen molar-refractivity contribution >= 4 is 23.5 Å². The van der Waals surface area contributed by atoms with Crippen molar-refractivity contribution in [3.63, 3.8) is 0 Å². The van der Waals surface area contributed by atoms with E-state index in [9.17, 15) is 19.2 Å². The van der Waals surface area contributed by atoms with Gasteiger partial charge in [-0.2, -0.15) is 0 Å². The molecule has 0 aromatic rings. The van der Waals surface area contributed by atoms with Gasteiger partial charge in [0.25, 0.3) is 0 Å². The second kappa shape index (κ2) is 12.9. The van der Waals surface area contributed by atoms with E-state index in [1.807, 2.05) is 0 Å². The standard InChI is InChI=1S/2C7H12O4/c2*1-5(8)6(2)11-7(9)4-10-3/h2*6H,4H2,1-3H3. The lowest BCUT2D eigenvalue weighted by Crippen LogP contribution is -2.24. The Hall–Kier alpha value is -1.80. The molecule has 0 saturated heterocycles. The first-order valence-corrected chi connectivity index (χ1v) is 6.53. The number of carbonyl (C=O) groups excluding carboxylic acids is 4. The molecule has 0 saturated carbocycles. The highest BCUT2D eigenvalue weighted by molar-refractivity contribution is 5.83. The molecule has 22 heavy (non-hydrogen) atoms. The number of esters is 2. The van der Waals surface area contributed by atoms with Crippen LogP contribution in [0.5, 0.6) is 0 Å². The van der Waals surface area contributed by atoms with E-state index in [0.717, 1.165) is 0 Å². The van der Waals surface area contributed by atoms with E-state index in [1.54, 1.807) is 0 Å². The Morgan fingerprint density at radius 2 is 1.00 bits per heavy atom. The molecule has 0 aromatic carbocycles. The fraction of sp³-hybridized carbons (Fsp3) is 0.714. The van der Waals surface area contributed by atoms with Crippen LogP contribution in [0, 0.1) is 0 Å². The molecular formula is C14H24O8. The highest BCUT2D eigenvalue weighted by Crippen LogP contribution is 1.93. The van der Waals surface area contributed by atoms with Crippen LogP contribution in [0.3, 0.4) is 0 Å². The summed E-state index contributed by atoms with van der Waals surface area (Å²) in [7, 11) is 2.78. The summed E-state index contributed by atoms with van der Waals surface area (Å²) < 4.78 is 18.3. The second-order valence-corrected chi connectivity index (χ2v) is 4.35. The molecule has 0 heterocycles. The Morgan fingerprint density at radius 3 is 1.18 bits per heavy atom. The molecular weight excluding hydrogens is 296 g/mol. The Bertz CT molecular complexity index is 341. The largest absolute Gasteiger partial charge is 0.453 e. The molecule has 0 N–H and O–H groups in total. The van der Waals surface area contributed by atoms with Gasteiger partial charge >= 0.3 is 11.9 Å². The summed E-state index contributed by atoms with van der Waals surface area (Å²) in [4.78, 5) is 42.4. The van der Waals surface area contributed by atoms with E-state index in [0.29, 0.717) is 0 Å². The molecule has 0 amide bonds. The van der Waals surface area contributed by atoms with Crippen molar-refractivity contribution in [2.24, 2.45) is 0 Å². The number of rotatable bonds is 8. The van der Waals surface area contributed by atoms with Gasteiger partial charge in [0.2, 0.25) is 0 Å². The van der Waals surface area contributed by atoms with Crippen LogP contribution >= 0.6 is 0 Å². The van der Waals surface area contributed by atoms with Gasteiger partial charge in [-0.1, -0.05) is 0 Å². The van der Waals surface area contributed by atoms with Crippen molar-refractivity contribution in [3.05, 3.63) is 0 Å².